The van der Waals surface area contributed by atoms with E-state index in [9.17, 15) is 19.5 Å². The van der Waals surface area contributed by atoms with Gasteiger partial charge in [0.05, 0.1) is 22.5 Å². The molecule has 0 aliphatic rings. The van der Waals surface area contributed by atoms with Crippen molar-refractivity contribution in [2.45, 2.75) is 106 Å². The van der Waals surface area contributed by atoms with Crippen molar-refractivity contribution in [3.8, 4) is 0 Å². The number of benzene rings is 3. The minimum absolute atomic E-state index is 0.00552. The molecule has 0 radical (unpaired) electrons. The Hall–Kier alpha value is -3.93. The molecule has 3 aromatic rings. The SMILES string of the molecule is CCc1cc(C(=O)N(C(C)=O)c2c(C(C)C)cccc2C(C)C)c(C(=O)O)c(Nc2c(C(C)C)cccc2C(C)C)c1C. The summed E-state index contributed by atoms with van der Waals surface area (Å²) in [5.41, 5.74) is 7.11. The number of anilines is 3. The van der Waals surface area contributed by atoms with Gasteiger partial charge in [-0.05, 0) is 76.5 Å². The number of carboxylic acids is 1. The minimum atomic E-state index is -1.23. The molecule has 0 heterocycles. The maximum Gasteiger partial charge on any atom is 0.338 e. The van der Waals surface area contributed by atoms with Gasteiger partial charge < -0.3 is 10.4 Å². The predicted octanol–water partition coefficient (Wildman–Crippen LogP) is 9.69. The Morgan fingerprint density at radius 1 is 0.767 bits per heavy atom. The van der Waals surface area contributed by atoms with Gasteiger partial charge in [-0.15, -0.1) is 0 Å². The van der Waals surface area contributed by atoms with Gasteiger partial charge in [-0.3, -0.25) is 9.59 Å². The highest BCUT2D eigenvalue weighted by Crippen LogP contribution is 2.40. The smallest absolute Gasteiger partial charge is 0.338 e. The van der Waals surface area contributed by atoms with Gasteiger partial charge >= 0.3 is 5.97 Å². The van der Waals surface area contributed by atoms with Gasteiger partial charge in [-0.25, -0.2) is 9.69 Å². The number of carboxylic acid groups (broad SMARTS) is 1. The van der Waals surface area contributed by atoms with Crippen LogP contribution >= 0.6 is 0 Å². The van der Waals surface area contributed by atoms with E-state index in [4.69, 9.17) is 0 Å². The number of hydrogen-bond donors (Lipinski definition) is 2. The van der Waals surface area contributed by atoms with Gasteiger partial charge in [0, 0.05) is 12.6 Å². The van der Waals surface area contributed by atoms with Crippen molar-refractivity contribution < 1.29 is 19.5 Å². The number of nitrogens with one attached hydrogen (secondary N) is 1. The van der Waals surface area contributed by atoms with Crippen molar-refractivity contribution in [1.29, 1.82) is 0 Å². The van der Waals surface area contributed by atoms with Crippen LogP contribution in [0.3, 0.4) is 0 Å². The summed E-state index contributed by atoms with van der Waals surface area (Å²) >= 11 is 0. The first-order valence-corrected chi connectivity index (χ1v) is 15.4. The second-order valence-electron chi connectivity index (χ2n) is 12.6. The molecule has 0 saturated carbocycles. The van der Waals surface area contributed by atoms with Gasteiger partial charge in [0.2, 0.25) is 5.91 Å². The summed E-state index contributed by atoms with van der Waals surface area (Å²) in [6.07, 6.45) is 0.587. The van der Waals surface area contributed by atoms with Gasteiger partial charge in [-0.1, -0.05) is 98.7 Å². The van der Waals surface area contributed by atoms with Crippen LogP contribution in [-0.4, -0.2) is 22.9 Å². The maximum atomic E-state index is 14.6. The number of rotatable bonds is 10. The normalized spacial score (nSPS) is 11.5. The van der Waals surface area contributed by atoms with Crippen molar-refractivity contribution in [2.24, 2.45) is 0 Å². The summed E-state index contributed by atoms with van der Waals surface area (Å²) in [5.74, 6) is -1.90. The molecule has 43 heavy (non-hydrogen) atoms. The number of carbonyl (C=O) groups excluding carboxylic acids is 2. The zero-order valence-corrected chi connectivity index (χ0v) is 27.7. The molecule has 2 amide bonds. The van der Waals surface area contributed by atoms with Crippen LogP contribution in [0.4, 0.5) is 17.1 Å². The first-order chi connectivity index (χ1) is 20.1. The minimum Gasteiger partial charge on any atom is -0.478 e. The Balaban J connectivity index is 2.42. The Bertz CT molecular complexity index is 1480. The predicted molar refractivity (Wildman–Crippen MR) is 178 cm³/mol. The molecule has 0 aliphatic heterocycles. The first kappa shape index (κ1) is 33.6. The number of hydrogen-bond acceptors (Lipinski definition) is 4. The summed E-state index contributed by atoms with van der Waals surface area (Å²) in [5, 5.41) is 14.2. The maximum absolute atomic E-state index is 14.6. The second-order valence-corrected chi connectivity index (χ2v) is 12.6. The number of aryl methyl sites for hydroxylation is 1. The van der Waals surface area contributed by atoms with Crippen LogP contribution < -0.4 is 10.2 Å². The number of nitrogens with zero attached hydrogens (tertiary/aromatic N) is 1. The second kappa shape index (κ2) is 13.6. The molecular formula is C37H48N2O4. The highest BCUT2D eigenvalue weighted by atomic mass is 16.4. The summed E-state index contributed by atoms with van der Waals surface area (Å²) in [7, 11) is 0. The van der Waals surface area contributed by atoms with Crippen LogP contribution in [0.5, 0.6) is 0 Å². The number of amides is 2. The Labute approximate surface area is 257 Å². The fourth-order valence-corrected chi connectivity index (χ4v) is 5.86. The monoisotopic (exact) mass is 584 g/mol. The van der Waals surface area contributed by atoms with Crippen LogP contribution in [-0.2, 0) is 11.2 Å². The lowest BCUT2D eigenvalue weighted by atomic mass is 9.89. The Morgan fingerprint density at radius 2 is 1.21 bits per heavy atom. The van der Waals surface area contributed by atoms with E-state index in [0.717, 1.165) is 39.1 Å². The average molecular weight is 585 g/mol. The van der Waals surface area contributed by atoms with Crippen LogP contribution in [0.1, 0.15) is 147 Å². The average Bonchev–Trinajstić information content (AvgIpc) is 2.93. The third kappa shape index (κ3) is 6.69. The first-order valence-electron chi connectivity index (χ1n) is 15.4. The molecule has 0 aromatic heterocycles. The molecule has 230 valence electrons. The standard InChI is InChI=1S/C37H48N2O4/c1-12-26-19-31(36(41)39(25(11)40)35-29(22(6)7)17-14-18-30(35)23(8)9)32(37(42)43)33(24(26)10)38-34-27(20(2)3)15-13-16-28(34)21(4)5/h13-23,38H,12H2,1-11H3,(H,42,43). The van der Waals surface area contributed by atoms with Gasteiger partial charge in [0.15, 0.2) is 0 Å². The molecule has 2 N–H and O–H groups in total. The molecule has 0 bridgehead atoms. The van der Waals surface area contributed by atoms with Crippen LogP contribution in [0.25, 0.3) is 0 Å². The molecule has 0 saturated heterocycles. The van der Waals surface area contributed by atoms with E-state index >= 15 is 0 Å². The van der Waals surface area contributed by atoms with E-state index in [1.165, 1.54) is 11.8 Å². The van der Waals surface area contributed by atoms with E-state index in [-0.39, 0.29) is 34.8 Å². The third-order valence-corrected chi connectivity index (χ3v) is 8.23. The molecule has 3 aromatic carbocycles. The number of imide groups is 1. The zero-order valence-electron chi connectivity index (χ0n) is 27.7. The summed E-state index contributed by atoms with van der Waals surface area (Å²) < 4.78 is 0. The van der Waals surface area contributed by atoms with Crippen molar-refractivity contribution in [3.63, 3.8) is 0 Å². The number of carbonyl (C=O) groups is 3. The summed E-state index contributed by atoms with van der Waals surface area (Å²) in [4.78, 5) is 42.3. The fourth-order valence-electron chi connectivity index (χ4n) is 5.86. The lowest BCUT2D eigenvalue weighted by Crippen LogP contribution is -2.38. The lowest BCUT2D eigenvalue weighted by Gasteiger charge is -2.29. The number of aromatic carboxylic acids is 1. The zero-order chi connectivity index (χ0) is 32.3. The molecule has 0 aliphatic carbocycles. The Morgan fingerprint density at radius 3 is 1.58 bits per heavy atom. The summed E-state index contributed by atoms with van der Waals surface area (Å²) in [6.45, 7) is 21.8. The van der Waals surface area contributed by atoms with Crippen LogP contribution in [0.15, 0.2) is 42.5 Å². The van der Waals surface area contributed by atoms with E-state index in [1.807, 2.05) is 65.8 Å². The lowest BCUT2D eigenvalue weighted by molar-refractivity contribution is -0.116. The van der Waals surface area contributed by atoms with Crippen molar-refractivity contribution in [2.75, 3.05) is 10.2 Å². The third-order valence-electron chi connectivity index (χ3n) is 8.23. The molecule has 0 fully saturated rings. The van der Waals surface area contributed by atoms with Gasteiger partial charge in [0.1, 0.15) is 0 Å². The molecule has 6 heteroatoms. The molecule has 6 nitrogen and oxygen atoms in total. The molecule has 0 unspecified atom stereocenters. The highest BCUT2D eigenvalue weighted by molar-refractivity contribution is 6.24. The van der Waals surface area contributed by atoms with Crippen molar-refractivity contribution in [3.05, 3.63) is 87.0 Å². The largest absolute Gasteiger partial charge is 0.478 e. The van der Waals surface area contributed by atoms with Crippen molar-refractivity contribution >= 4 is 34.8 Å². The van der Waals surface area contributed by atoms with Crippen LogP contribution in [0.2, 0.25) is 0 Å². The van der Waals surface area contributed by atoms with E-state index < -0.39 is 17.8 Å². The number of para-hydroxylation sites is 2. The molecule has 0 atom stereocenters. The molecular weight excluding hydrogens is 536 g/mol. The quantitative estimate of drug-likeness (QED) is 0.248. The Kier molecular flexibility index (Phi) is 10.6. The van der Waals surface area contributed by atoms with Crippen molar-refractivity contribution in [1.82, 2.24) is 0 Å². The highest BCUT2D eigenvalue weighted by Gasteiger charge is 2.33. The topological polar surface area (TPSA) is 86.7 Å². The van der Waals surface area contributed by atoms with Crippen LogP contribution in [0, 0.1) is 6.92 Å². The van der Waals surface area contributed by atoms with Gasteiger partial charge in [-0.2, -0.15) is 0 Å². The molecule has 3 rings (SSSR count). The van der Waals surface area contributed by atoms with E-state index in [2.05, 4.69) is 45.1 Å². The van der Waals surface area contributed by atoms with E-state index in [1.54, 1.807) is 6.07 Å². The molecule has 0 spiro atoms. The summed E-state index contributed by atoms with van der Waals surface area (Å²) in [6, 6.07) is 13.6. The van der Waals surface area contributed by atoms with E-state index in [0.29, 0.717) is 17.8 Å². The fraction of sp³-hybridized carbons (Fsp3) is 0.432. The van der Waals surface area contributed by atoms with Gasteiger partial charge in [0.25, 0.3) is 5.91 Å².